The van der Waals surface area contributed by atoms with E-state index in [4.69, 9.17) is 23.2 Å². The maximum Gasteiger partial charge on any atom is 0.224 e. The molecule has 2 rings (SSSR count). The van der Waals surface area contributed by atoms with Crippen molar-refractivity contribution in [3.63, 3.8) is 0 Å². The van der Waals surface area contributed by atoms with Crippen LogP contribution in [0, 0.1) is 0 Å². The van der Waals surface area contributed by atoms with E-state index < -0.39 is 0 Å². The molecular weight excluding hydrogens is 263 g/mol. The molecule has 0 atom stereocenters. The number of nitrogens with one attached hydrogen (secondary N) is 1. The number of halogens is 2. The molecule has 8 heteroatoms. The summed E-state index contributed by atoms with van der Waals surface area (Å²) in [6, 6.07) is 0. The van der Waals surface area contributed by atoms with Gasteiger partial charge < -0.3 is 5.32 Å². The molecule has 0 aliphatic rings. The van der Waals surface area contributed by atoms with Crippen LogP contribution in [0.4, 0.5) is 5.82 Å². The standard InChI is InChI=1S/C9H10Cl2N6/c1-17-5-14-7(16-17)2-3-12-8-6(10)4-13-9(11)15-8/h4-5H,2-3H2,1H3,(H,12,13,15). The van der Waals surface area contributed by atoms with Crippen molar-refractivity contribution >= 4 is 29.0 Å². The zero-order valence-electron chi connectivity index (χ0n) is 9.06. The van der Waals surface area contributed by atoms with Crippen molar-refractivity contribution in [1.29, 1.82) is 0 Å². The van der Waals surface area contributed by atoms with Crippen LogP contribution in [0.3, 0.4) is 0 Å². The first-order chi connectivity index (χ1) is 8.15. The molecule has 2 aromatic rings. The van der Waals surface area contributed by atoms with E-state index in [-0.39, 0.29) is 5.28 Å². The largest absolute Gasteiger partial charge is 0.368 e. The van der Waals surface area contributed by atoms with Gasteiger partial charge in [0.1, 0.15) is 17.2 Å². The van der Waals surface area contributed by atoms with Crippen LogP contribution in [-0.4, -0.2) is 31.3 Å². The molecule has 6 nitrogen and oxygen atoms in total. The lowest BCUT2D eigenvalue weighted by atomic mass is 10.4. The summed E-state index contributed by atoms with van der Waals surface area (Å²) in [4.78, 5) is 11.8. The molecular formula is C9H10Cl2N6. The van der Waals surface area contributed by atoms with E-state index in [1.54, 1.807) is 11.0 Å². The Kier molecular flexibility index (Phi) is 3.75. The van der Waals surface area contributed by atoms with E-state index in [2.05, 4.69) is 25.4 Å². The average molecular weight is 273 g/mol. The molecule has 0 bridgehead atoms. The first kappa shape index (κ1) is 12.1. The molecule has 0 spiro atoms. The Balaban J connectivity index is 1.91. The molecule has 17 heavy (non-hydrogen) atoms. The van der Waals surface area contributed by atoms with Gasteiger partial charge in [-0.15, -0.1) is 0 Å². The highest BCUT2D eigenvalue weighted by Gasteiger charge is 2.04. The second-order valence-corrected chi connectivity index (χ2v) is 4.09. The molecule has 0 radical (unpaired) electrons. The third-order valence-corrected chi connectivity index (χ3v) is 2.46. The quantitative estimate of drug-likeness (QED) is 0.856. The van der Waals surface area contributed by atoms with Gasteiger partial charge in [0.25, 0.3) is 0 Å². The van der Waals surface area contributed by atoms with Crippen LogP contribution in [0.2, 0.25) is 10.3 Å². The van der Waals surface area contributed by atoms with Crippen LogP contribution in [0.25, 0.3) is 0 Å². The van der Waals surface area contributed by atoms with Crippen LogP contribution in [0.1, 0.15) is 5.82 Å². The Hall–Kier alpha value is -1.40. The zero-order valence-corrected chi connectivity index (χ0v) is 10.6. The third kappa shape index (κ3) is 3.28. The number of anilines is 1. The van der Waals surface area contributed by atoms with E-state index in [1.807, 2.05) is 7.05 Å². The molecule has 1 N–H and O–H groups in total. The minimum absolute atomic E-state index is 0.160. The van der Waals surface area contributed by atoms with E-state index in [0.29, 0.717) is 23.8 Å². The van der Waals surface area contributed by atoms with Crippen LogP contribution in [0.15, 0.2) is 12.5 Å². The fourth-order valence-electron chi connectivity index (χ4n) is 1.26. The summed E-state index contributed by atoms with van der Waals surface area (Å²) >= 11 is 11.6. The molecule has 90 valence electrons. The molecule has 0 amide bonds. The van der Waals surface area contributed by atoms with Gasteiger partial charge in [0, 0.05) is 20.0 Å². The lowest BCUT2D eigenvalue weighted by Gasteiger charge is -2.05. The van der Waals surface area contributed by atoms with Crippen LogP contribution >= 0.6 is 23.2 Å². The monoisotopic (exact) mass is 272 g/mol. The van der Waals surface area contributed by atoms with Gasteiger partial charge in [0.15, 0.2) is 5.82 Å². The van der Waals surface area contributed by atoms with Crippen molar-refractivity contribution < 1.29 is 0 Å². The van der Waals surface area contributed by atoms with Crippen molar-refractivity contribution in [2.24, 2.45) is 7.05 Å². The van der Waals surface area contributed by atoms with Crippen molar-refractivity contribution in [1.82, 2.24) is 24.7 Å². The second kappa shape index (κ2) is 5.29. The van der Waals surface area contributed by atoms with E-state index in [1.165, 1.54) is 6.20 Å². The molecule has 0 aliphatic carbocycles. The summed E-state index contributed by atoms with van der Waals surface area (Å²) in [5, 5.41) is 7.80. The summed E-state index contributed by atoms with van der Waals surface area (Å²) < 4.78 is 1.66. The molecule has 0 fully saturated rings. The van der Waals surface area contributed by atoms with Crippen molar-refractivity contribution in [3.05, 3.63) is 28.7 Å². The summed E-state index contributed by atoms with van der Waals surface area (Å²) in [6.07, 6.45) is 3.79. The summed E-state index contributed by atoms with van der Waals surface area (Å²) in [6.45, 7) is 0.622. The maximum atomic E-state index is 5.90. The predicted molar refractivity (Wildman–Crippen MR) is 65.2 cm³/mol. The topological polar surface area (TPSA) is 68.5 Å². The summed E-state index contributed by atoms with van der Waals surface area (Å²) in [5.74, 6) is 1.28. The SMILES string of the molecule is Cn1cnc(CCNc2nc(Cl)ncc2Cl)n1. The minimum atomic E-state index is 0.160. The number of nitrogens with zero attached hydrogens (tertiary/aromatic N) is 5. The fraction of sp³-hybridized carbons (Fsp3) is 0.333. The Morgan fingerprint density at radius 3 is 2.88 bits per heavy atom. The van der Waals surface area contributed by atoms with Crippen molar-refractivity contribution in [3.8, 4) is 0 Å². The van der Waals surface area contributed by atoms with Crippen LogP contribution < -0.4 is 5.32 Å². The molecule has 0 saturated heterocycles. The molecule has 0 aromatic carbocycles. The smallest absolute Gasteiger partial charge is 0.224 e. The van der Waals surface area contributed by atoms with E-state index in [9.17, 15) is 0 Å². The van der Waals surface area contributed by atoms with Gasteiger partial charge in [0.2, 0.25) is 5.28 Å². The summed E-state index contributed by atoms with van der Waals surface area (Å²) in [7, 11) is 1.82. The molecule has 2 heterocycles. The maximum absolute atomic E-state index is 5.90. The van der Waals surface area contributed by atoms with E-state index >= 15 is 0 Å². The van der Waals surface area contributed by atoms with Crippen LogP contribution in [0.5, 0.6) is 0 Å². The second-order valence-electron chi connectivity index (χ2n) is 3.35. The summed E-state index contributed by atoms with van der Waals surface area (Å²) in [5.41, 5.74) is 0. The van der Waals surface area contributed by atoms with Gasteiger partial charge >= 0.3 is 0 Å². The Labute approximate surface area is 108 Å². The lowest BCUT2D eigenvalue weighted by molar-refractivity contribution is 0.741. The molecule has 2 aromatic heterocycles. The lowest BCUT2D eigenvalue weighted by Crippen LogP contribution is -2.08. The molecule has 0 aliphatic heterocycles. The Morgan fingerprint density at radius 2 is 2.18 bits per heavy atom. The van der Waals surface area contributed by atoms with Crippen molar-refractivity contribution in [2.75, 3.05) is 11.9 Å². The van der Waals surface area contributed by atoms with Crippen LogP contribution in [-0.2, 0) is 13.5 Å². The van der Waals surface area contributed by atoms with Gasteiger partial charge in [0.05, 0.1) is 6.20 Å². The predicted octanol–water partition coefficient (Wildman–Crippen LogP) is 1.57. The third-order valence-electron chi connectivity index (χ3n) is 2.00. The Morgan fingerprint density at radius 1 is 1.35 bits per heavy atom. The van der Waals surface area contributed by atoms with Gasteiger partial charge in [-0.3, -0.25) is 4.68 Å². The number of hydrogen-bond acceptors (Lipinski definition) is 5. The molecule has 0 unspecified atom stereocenters. The highest BCUT2D eigenvalue weighted by molar-refractivity contribution is 6.33. The fourth-order valence-corrected chi connectivity index (χ4v) is 1.55. The average Bonchev–Trinajstić information content (AvgIpc) is 2.69. The van der Waals surface area contributed by atoms with Gasteiger partial charge in [-0.05, 0) is 11.6 Å². The number of hydrogen-bond donors (Lipinski definition) is 1. The zero-order chi connectivity index (χ0) is 12.3. The number of aromatic nitrogens is 5. The van der Waals surface area contributed by atoms with E-state index in [0.717, 1.165) is 5.82 Å². The van der Waals surface area contributed by atoms with Gasteiger partial charge in [-0.25, -0.2) is 9.97 Å². The van der Waals surface area contributed by atoms with Gasteiger partial charge in [-0.1, -0.05) is 11.6 Å². The van der Waals surface area contributed by atoms with Gasteiger partial charge in [-0.2, -0.15) is 10.1 Å². The highest BCUT2D eigenvalue weighted by Crippen LogP contribution is 2.18. The molecule has 0 saturated carbocycles. The first-order valence-corrected chi connectivity index (χ1v) is 5.67. The van der Waals surface area contributed by atoms with Crippen molar-refractivity contribution in [2.45, 2.75) is 6.42 Å². The number of rotatable bonds is 4. The Bertz CT molecular complexity index is 512. The normalized spacial score (nSPS) is 10.5. The minimum Gasteiger partial charge on any atom is -0.368 e. The highest BCUT2D eigenvalue weighted by atomic mass is 35.5. The first-order valence-electron chi connectivity index (χ1n) is 4.91. The number of aryl methyl sites for hydroxylation is 1.